The van der Waals surface area contributed by atoms with Crippen LogP contribution >= 0.6 is 49.6 Å². The van der Waals surface area contributed by atoms with Gasteiger partial charge in [0.25, 0.3) is 0 Å². The molecule has 5 aromatic rings. The third-order valence-electron chi connectivity index (χ3n) is 8.44. The molecule has 0 aliphatic carbocycles. The topological polar surface area (TPSA) is 32.3 Å². The molecule has 6 rings (SSSR count). The van der Waals surface area contributed by atoms with E-state index in [0.29, 0.717) is 0 Å². The van der Waals surface area contributed by atoms with Gasteiger partial charge in [-0.1, -0.05) is 54.6 Å². The molecule has 4 nitrogen and oxygen atoms in total. The Balaban J connectivity index is 0.00000176. The Hall–Kier alpha value is -2.96. The summed E-state index contributed by atoms with van der Waals surface area (Å²) in [5, 5.41) is 0. The van der Waals surface area contributed by atoms with Crippen molar-refractivity contribution in [3.05, 3.63) is 131 Å². The number of rotatable bonds is 7. The molecule has 1 saturated heterocycles. The van der Waals surface area contributed by atoms with E-state index in [1.54, 1.807) is 0 Å². The van der Waals surface area contributed by atoms with E-state index in [2.05, 4.69) is 132 Å². The van der Waals surface area contributed by atoms with Gasteiger partial charge in [-0.15, -0.1) is 49.6 Å². The number of hydrogen-bond donors (Lipinski definition) is 0. The van der Waals surface area contributed by atoms with Crippen molar-refractivity contribution in [2.45, 2.75) is 33.9 Å². The van der Waals surface area contributed by atoms with Crippen LogP contribution in [-0.4, -0.2) is 45.9 Å². The molecule has 0 atom stereocenters. The van der Waals surface area contributed by atoms with Crippen LogP contribution in [0.4, 0.5) is 0 Å². The quantitative estimate of drug-likeness (QED) is 0.171. The van der Waals surface area contributed by atoms with E-state index in [1.807, 2.05) is 12.4 Å². The van der Waals surface area contributed by atoms with Gasteiger partial charge in [0.2, 0.25) is 0 Å². The molecule has 238 valence electrons. The van der Waals surface area contributed by atoms with Crippen LogP contribution in [0.1, 0.15) is 27.8 Å². The first kappa shape index (κ1) is 38.2. The van der Waals surface area contributed by atoms with Crippen molar-refractivity contribution in [1.82, 2.24) is 19.8 Å². The maximum Gasteiger partial charge on any atom is 0.0705 e. The highest BCUT2D eigenvalue weighted by Gasteiger charge is 2.18. The smallest absolute Gasteiger partial charge is 0.0705 e. The van der Waals surface area contributed by atoms with E-state index in [1.165, 1.54) is 44.5 Å². The molecule has 0 unspecified atom stereocenters. The number of pyridine rings is 2. The summed E-state index contributed by atoms with van der Waals surface area (Å²) in [6.07, 6.45) is 3.91. The van der Waals surface area contributed by atoms with Gasteiger partial charge in [-0.25, -0.2) is 0 Å². The van der Waals surface area contributed by atoms with Crippen LogP contribution < -0.4 is 0 Å². The third kappa shape index (κ3) is 9.52. The first-order valence-corrected chi connectivity index (χ1v) is 14.6. The summed E-state index contributed by atoms with van der Waals surface area (Å²) in [4.78, 5) is 14.5. The summed E-state index contributed by atoms with van der Waals surface area (Å²) in [6.45, 7) is 12.8. The van der Waals surface area contributed by atoms with E-state index in [-0.39, 0.29) is 49.6 Å². The van der Waals surface area contributed by atoms with Crippen LogP contribution in [0.3, 0.4) is 0 Å². The van der Waals surface area contributed by atoms with Crippen molar-refractivity contribution in [3.8, 4) is 33.6 Å². The minimum Gasteiger partial charge on any atom is -0.297 e. The third-order valence-corrected chi connectivity index (χ3v) is 8.44. The van der Waals surface area contributed by atoms with Gasteiger partial charge in [0.15, 0.2) is 0 Å². The van der Waals surface area contributed by atoms with Crippen molar-refractivity contribution in [2.24, 2.45) is 0 Å². The lowest BCUT2D eigenvalue weighted by molar-refractivity contribution is 0.122. The Morgan fingerprint density at radius 1 is 0.489 bits per heavy atom. The van der Waals surface area contributed by atoms with E-state index >= 15 is 0 Å². The zero-order valence-electron chi connectivity index (χ0n) is 26.0. The lowest BCUT2D eigenvalue weighted by atomic mass is 9.98. The summed E-state index contributed by atoms with van der Waals surface area (Å²) < 4.78 is 0. The molecule has 8 heteroatoms. The minimum absolute atomic E-state index is 0. The molecule has 0 spiro atoms. The van der Waals surface area contributed by atoms with Gasteiger partial charge >= 0.3 is 0 Å². The first-order chi connectivity index (χ1) is 20.0. The molecular weight excluding hydrogens is 642 g/mol. The Morgan fingerprint density at radius 3 is 1.40 bits per heavy atom. The molecular formula is C37H42Cl4N4. The number of nitrogens with zero attached hydrogens (tertiary/aromatic N) is 4. The average molecular weight is 685 g/mol. The maximum absolute atomic E-state index is 4.69. The standard InChI is InChI=1S/C37H38N4.4ClH/c1-27-21-35(22-28(2)29(27)3)37-24-31(14-16-39-37)26-41-19-17-40(18-20-41)25-30-13-15-38-36(23-30)34-11-9-33(10-12-34)32-7-5-4-6-8-32;;;;/h4-16,21-24H,17-20,25-26H2,1-3H3;4*1H. The fourth-order valence-corrected chi connectivity index (χ4v) is 5.73. The molecule has 0 saturated carbocycles. The highest BCUT2D eigenvalue weighted by Crippen LogP contribution is 2.26. The van der Waals surface area contributed by atoms with Crippen molar-refractivity contribution in [2.75, 3.05) is 26.2 Å². The normalized spacial score (nSPS) is 13.0. The minimum atomic E-state index is 0. The van der Waals surface area contributed by atoms with Crippen molar-refractivity contribution >= 4 is 49.6 Å². The fourth-order valence-electron chi connectivity index (χ4n) is 5.73. The summed E-state index contributed by atoms with van der Waals surface area (Å²) in [5.74, 6) is 0. The summed E-state index contributed by atoms with van der Waals surface area (Å²) in [7, 11) is 0. The largest absolute Gasteiger partial charge is 0.297 e. The number of aryl methyl sites for hydroxylation is 2. The van der Waals surface area contributed by atoms with Crippen LogP contribution in [0.2, 0.25) is 0 Å². The van der Waals surface area contributed by atoms with Crippen LogP contribution in [0.5, 0.6) is 0 Å². The van der Waals surface area contributed by atoms with Crippen molar-refractivity contribution in [3.63, 3.8) is 0 Å². The monoisotopic (exact) mass is 682 g/mol. The van der Waals surface area contributed by atoms with Gasteiger partial charge in [0.05, 0.1) is 11.4 Å². The SMILES string of the molecule is Cc1cc(-c2cc(CN3CCN(Cc4ccnc(-c5ccc(-c6ccccc6)cc5)c4)CC3)ccn2)cc(C)c1C.Cl.Cl.Cl.Cl. The molecule has 0 amide bonds. The van der Waals surface area contributed by atoms with Crippen LogP contribution in [0.25, 0.3) is 33.6 Å². The molecule has 3 heterocycles. The summed E-state index contributed by atoms with van der Waals surface area (Å²) in [5.41, 5.74) is 13.6. The van der Waals surface area contributed by atoms with E-state index in [0.717, 1.165) is 56.2 Å². The zero-order valence-corrected chi connectivity index (χ0v) is 29.2. The predicted molar refractivity (Wildman–Crippen MR) is 199 cm³/mol. The molecule has 2 aromatic heterocycles. The molecule has 45 heavy (non-hydrogen) atoms. The number of benzene rings is 3. The molecule has 0 N–H and O–H groups in total. The lowest BCUT2D eigenvalue weighted by Crippen LogP contribution is -2.45. The second-order valence-corrected chi connectivity index (χ2v) is 11.3. The second kappa shape index (κ2) is 17.7. The molecule has 1 aliphatic heterocycles. The Bertz CT molecular complexity index is 1610. The van der Waals surface area contributed by atoms with Crippen molar-refractivity contribution < 1.29 is 0 Å². The number of halogens is 4. The highest BCUT2D eigenvalue weighted by molar-refractivity contribution is 5.86. The molecule has 1 aliphatic rings. The molecule has 0 bridgehead atoms. The van der Waals surface area contributed by atoms with Crippen LogP contribution in [-0.2, 0) is 13.1 Å². The number of hydrogen-bond acceptors (Lipinski definition) is 4. The summed E-state index contributed by atoms with van der Waals surface area (Å²) >= 11 is 0. The Labute approximate surface area is 293 Å². The number of aromatic nitrogens is 2. The summed E-state index contributed by atoms with van der Waals surface area (Å²) in [6, 6.07) is 32.6. The van der Waals surface area contributed by atoms with E-state index in [9.17, 15) is 0 Å². The molecule has 0 radical (unpaired) electrons. The fraction of sp³-hybridized carbons (Fsp3) is 0.243. The van der Waals surface area contributed by atoms with E-state index < -0.39 is 0 Å². The predicted octanol–water partition coefficient (Wildman–Crippen LogP) is 9.41. The van der Waals surface area contributed by atoms with Crippen molar-refractivity contribution in [1.29, 1.82) is 0 Å². The highest BCUT2D eigenvalue weighted by atomic mass is 35.5. The molecule has 3 aromatic carbocycles. The lowest BCUT2D eigenvalue weighted by Gasteiger charge is -2.34. The van der Waals surface area contributed by atoms with Crippen LogP contribution in [0, 0.1) is 20.8 Å². The Morgan fingerprint density at radius 2 is 0.911 bits per heavy atom. The first-order valence-electron chi connectivity index (χ1n) is 14.6. The van der Waals surface area contributed by atoms with Gasteiger partial charge in [0, 0.05) is 62.8 Å². The Kier molecular flexibility index (Phi) is 15.0. The van der Waals surface area contributed by atoms with Gasteiger partial charge in [-0.05, 0) is 96.1 Å². The van der Waals surface area contributed by atoms with Gasteiger partial charge < -0.3 is 0 Å². The second-order valence-electron chi connectivity index (χ2n) is 11.3. The zero-order chi connectivity index (χ0) is 28.2. The maximum atomic E-state index is 4.69. The van der Waals surface area contributed by atoms with Crippen LogP contribution in [0.15, 0.2) is 103 Å². The van der Waals surface area contributed by atoms with Gasteiger partial charge in [-0.2, -0.15) is 0 Å². The number of piperazine rings is 1. The van der Waals surface area contributed by atoms with Gasteiger partial charge in [-0.3, -0.25) is 19.8 Å². The molecule has 1 fully saturated rings. The average Bonchev–Trinajstić information content (AvgIpc) is 3.01. The van der Waals surface area contributed by atoms with E-state index in [4.69, 9.17) is 0 Å². The van der Waals surface area contributed by atoms with Gasteiger partial charge in [0.1, 0.15) is 0 Å².